The van der Waals surface area contributed by atoms with Gasteiger partial charge in [-0.25, -0.2) is 0 Å². The Hall–Kier alpha value is -2.38. The highest BCUT2D eigenvalue weighted by Crippen LogP contribution is 2.40. The first-order valence-corrected chi connectivity index (χ1v) is 7.10. The van der Waals surface area contributed by atoms with Gasteiger partial charge in [0.25, 0.3) is 0 Å². The molecule has 0 unspecified atom stereocenters. The molecule has 6 nitrogen and oxygen atoms in total. The number of nitrogens with two attached hydrogens (primary N) is 1. The smallest absolute Gasteiger partial charge is 0.324 e. The van der Waals surface area contributed by atoms with E-state index in [2.05, 4.69) is 10.2 Å². The van der Waals surface area contributed by atoms with Gasteiger partial charge in [0, 0.05) is 11.1 Å². The van der Waals surface area contributed by atoms with Crippen molar-refractivity contribution in [1.82, 2.24) is 10.2 Å². The minimum Gasteiger partial charge on any atom is -0.382 e. The lowest BCUT2D eigenvalue weighted by atomic mass is 10.0. The zero-order valence-corrected chi connectivity index (χ0v) is 12.1. The van der Waals surface area contributed by atoms with Crippen molar-refractivity contribution >= 4 is 33.8 Å². The maximum absolute atomic E-state index is 10.8. The average Bonchev–Trinajstić information content (AvgIpc) is 3.05. The van der Waals surface area contributed by atoms with Crippen LogP contribution >= 0.6 is 22.9 Å². The normalized spacial score (nSPS) is 10.7. The third-order valence-corrected chi connectivity index (χ3v) is 4.22. The van der Waals surface area contributed by atoms with E-state index >= 15 is 0 Å². The van der Waals surface area contributed by atoms with Crippen LogP contribution in [0.2, 0.25) is 5.02 Å². The molecule has 0 atom stereocenters. The minimum atomic E-state index is -0.424. The number of hydrogen-bond acceptors (Lipinski definition) is 5. The molecule has 0 spiro atoms. The van der Waals surface area contributed by atoms with E-state index in [0.29, 0.717) is 27.0 Å². The molecule has 3 N–H and O–H groups in total. The summed E-state index contributed by atoms with van der Waals surface area (Å²) in [4.78, 5) is 11.1. The number of nitrogens with zero attached hydrogens (tertiary/aromatic N) is 2. The van der Waals surface area contributed by atoms with Crippen molar-refractivity contribution in [2.45, 2.75) is 0 Å². The van der Waals surface area contributed by atoms with E-state index in [1.165, 1.54) is 6.07 Å². The molecule has 2 heterocycles. The summed E-state index contributed by atoms with van der Waals surface area (Å²) in [6.07, 6.45) is 0. The summed E-state index contributed by atoms with van der Waals surface area (Å²) >= 11 is 7.06. The van der Waals surface area contributed by atoms with Gasteiger partial charge in [0.1, 0.15) is 0 Å². The van der Waals surface area contributed by atoms with Crippen LogP contribution in [-0.4, -0.2) is 15.1 Å². The lowest BCUT2D eigenvalue weighted by molar-refractivity contribution is -0.380. The highest BCUT2D eigenvalue weighted by atomic mass is 35.5. The second kappa shape index (κ2) is 5.19. The fraction of sp³-hybridized carbons (Fsp3) is 0. The predicted molar refractivity (Wildman–Crippen MR) is 83.4 cm³/mol. The van der Waals surface area contributed by atoms with Gasteiger partial charge in [-0.3, -0.25) is 15.2 Å². The van der Waals surface area contributed by atoms with E-state index in [9.17, 15) is 10.1 Å². The van der Waals surface area contributed by atoms with Crippen LogP contribution in [0.4, 0.5) is 10.8 Å². The molecular weight excluding hydrogens is 312 g/mol. The number of anilines is 1. The summed E-state index contributed by atoms with van der Waals surface area (Å²) < 4.78 is 0. The molecule has 106 valence electrons. The molecule has 2 aromatic heterocycles. The standard InChI is InChI=1S/C13H9ClN4O2S/c14-8-3-1-2-7(6-8)11-12(16-17-13(11)15)9-4-5-10(21-9)18(19)20/h1-6H,(H3,15,16,17). The van der Waals surface area contributed by atoms with Crippen LogP contribution in [0.3, 0.4) is 0 Å². The van der Waals surface area contributed by atoms with E-state index in [-0.39, 0.29) is 5.00 Å². The van der Waals surface area contributed by atoms with Crippen molar-refractivity contribution in [3.8, 4) is 21.7 Å². The molecule has 0 saturated heterocycles. The highest BCUT2D eigenvalue weighted by molar-refractivity contribution is 7.18. The van der Waals surface area contributed by atoms with Crippen molar-refractivity contribution in [1.29, 1.82) is 0 Å². The number of nitrogen functional groups attached to an aromatic ring is 1. The van der Waals surface area contributed by atoms with E-state index in [4.69, 9.17) is 17.3 Å². The summed E-state index contributed by atoms with van der Waals surface area (Å²) in [6, 6.07) is 10.3. The van der Waals surface area contributed by atoms with Crippen LogP contribution in [0, 0.1) is 10.1 Å². The molecule has 3 aromatic rings. The average molecular weight is 321 g/mol. The molecule has 1 aromatic carbocycles. The van der Waals surface area contributed by atoms with E-state index in [1.54, 1.807) is 18.2 Å². The second-order valence-corrected chi connectivity index (χ2v) is 5.76. The van der Waals surface area contributed by atoms with Gasteiger partial charge in [0.05, 0.1) is 21.1 Å². The number of thiophene rings is 1. The summed E-state index contributed by atoms with van der Waals surface area (Å²) in [5.41, 5.74) is 8.05. The SMILES string of the molecule is Nc1n[nH]c(-c2ccc([N+](=O)[O-])s2)c1-c1cccc(Cl)c1. The number of aromatic nitrogens is 2. The quantitative estimate of drug-likeness (QED) is 0.564. The first-order valence-electron chi connectivity index (χ1n) is 5.90. The van der Waals surface area contributed by atoms with Gasteiger partial charge in [0.2, 0.25) is 0 Å². The zero-order chi connectivity index (χ0) is 15.0. The number of aromatic amines is 1. The Morgan fingerprint density at radius 3 is 2.81 bits per heavy atom. The second-order valence-electron chi connectivity index (χ2n) is 4.26. The maximum atomic E-state index is 10.8. The maximum Gasteiger partial charge on any atom is 0.324 e. The number of H-pyrrole nitrogens is 1. The Morgan fingerprint density at radius 2 is 2.14 bits per heavy atom. The third kappa shape index (κ3) is 2.48. The third-order valence-electron chi connectivity index (χ3n) is 2.93. The van der Waals surface area contributed by atoms with Crippen molar-refractivity contribution in [2.24, 2.45) is 0 Å². The number of nitro groups is 1. The zero-order valence-electron chi connectivity index (χ0n) is 10.5. The van der Waals surface area contributed by atoms with Gasteiger partial charge in [-0.2, -0.15) is 5.10 Å². The van der Waals surface area contributed by atoms with E-state index in [0.717, 1.165) is 16.9 Å². The summed E-state index contributed by atoms with van der Waals surface area (Å²) in [5, 5.41) is 18.3. The number of hydrogen-bond donors (Lipinski definition) is 2. The lowest BCUT2D eigenvalue weighted by Crippen LogP contribution is -1.88. The fourth-order valence-corrected chi connectivity index (χ4v) is 3.04. The summed E-state index contributed by atoms with van der Waals surface area (Å²) in [7, 11) is 0. The van der Waals surface area contributed by atoms with Crippen LogP contribution in [0.25, 0.3) is 21.7 Å². The molecule has 0 radical (unpaired) electrons. The van der Waals surface area contributed by atoms with Crippen LogP contribution in [0.5, 0.6) is 0 Å². The largest absolute Gasteiger partial charge is 0.382 e. The van der Waals surface area contributed by atoms with Gasteiger partial charge < -0.3 is 5.73 Å². The highest BCUT2D eigenvalue weighted by Gasteiger charge is 2.19. The van der Waals surface area contributed by atoms with Crippen LogP contribution in [-0.2, 0) is 0 Å². The Morgan fingerprint density at radius 1 is 1.33 bits per heavy atom. The summed E-state index contributed by atoms with van der Waals surface area (Å²) in [6.45, 7) is 0. The van der Waals surface area contributed by atoms with Crippen molar-refractivity contribution < 1.29 is 4.92 Å². The molecular formula is C13H9ClN4O2S. The Kier molecular flexibility index (Phi) is 3.36. The molecule has 0 aliphatic rings. The van der Waals surface area contributed by atoms with Crippen molar-refractivity contribution in [3.05, 3.63) is 51.5 Å². The van der Waals surface area contributed by atoms with Gasteiger partial charge >= 0.3 is 5.00 Å². The van der Waals surface area contributed by atoms with Gasteiger partial charge in [-0.15, -0.1) is 0 Å². The first-order chi connectivity index (χ1) is 10.1. The van der Waals surface area contributed by atoms with Crippen LogP contribution in [0.15, 0.2) is 36.4 Å². The Balaban J connectivity index is 2.14. The minimum absolute atomic E-state index is 0.0650. The first kappa shape index (κ1) is 13.6. The number of rotatable bonds is 3. The monoisotopic (exact) mass is 320 g/mol. The molecule has 8 heteroatoms. The molecule has 0 fully saturated rings. The topological polar surface area (TPSA) is 97.8 Å². The Labute approximate surface area is 128 Å². The van der Waals surface area contributed by atoms with Crippen LogP contribution < -0.4 is 5.73 Å². The molecule has 0 aliphatic carbocycles. The molecule has 3 rings (SSSR count). The van der Waals surface area contributed by atoms with Crippen LogP contribution in [0.1, 0.15) is 0 Å². The van der Waals surface area contributed by atoms with E-state index in [1.807, 2.05) is 12.1 Å². The molecule has 0 bridgehead atoms. The lowest BCUT2D eigenvalue weighted by Gasteiger charge is -2.03. The molecule has 0 amide bonds. The van der Waals surface area contributed by atoms with Gasteiger partial charge in [-0.1, -0.05) is 35.1 Å². The Bertz CT molecular complexity index is 827. The van der Waals surface area contributed by atoms with Gasteiger partial charge in [-0.05, 0) is 23.8 Å². The molecule has 21 heavy (non-hydrogen) atoms. The van der Waals surface area contributed by atoms with E-state index < -0.39 is 4.92 Å². The number of halogens is 1. The van der Waals surface area contributed by atoms with Gasteiger partial charge in [0.15, 0.2) is 5.82 Å². The summed E-state index contributed by atoms with van der Waals surface area (Å²) in [5.74, 6) is 0.323. The predicted octanol–water partition coefficient (Wildman–Crippen LogP) is 3.95. The number of benzene rings is 1. The number of nitrogens with one attached hydrogen (secondary N) is 1. The molecule has 0 aliphatic heterocycles. The van der Waals surface area contributed by atoms with Crippen molar-refractivity contribution in [2.75, 3.05) is 5.73 Å². The molecule has 0 saturated carbocycles. The van der Waals surface area contributed by atoms with Crippen molar-refractivity contribution in [3.63, 3.8) is 0 Å². The fourth-order valence-electron chi connectivity index (χ4n) is 2.03.